The van der Waals surface area contributed by atoms with Crippen LogP contribution in [0.3, 0.4) is 0 Å². The molecular formula is C20H22FN3O2S. The van der Waals surface area contributed by atoms with E-state index in [1.54, 1.807) is 18.2 Å². The van der Waals surface area contributed by atoms with Gasteiger partial charge < -0.3 is 4.90 Å². The summed E-state index contributed by atoms with van der Waals surface area (Å²) in [5.74, 6) is 0.573. The summed E-state index contributed by atoms with van der Waals surface area (Å²) in [6.45, 7) is 2.70. The average Bonchev–Trinajstić information content (AvgIpc) is 2.60. The number of halogens is 1. The van der Waals surface area contributed by atoms with Gasteiger partial charge >= 0.3 is 0 Å². The highest BCUT2D eigenvalue weighted by Crippen LogP contribution is 2.23. The zero-order chi connectivity index (χ0) is 19.6. The Kier molecular flexibility index (Phi) is 5.32. The van der Waals surface area contributed by atoms with Crippen LogP contribution in [0.5, 0.6) is 0 Å². The van der Waals surface area contributed by atoms with Crippen molar-refractivity contribution in [2.24, 2.45) is 0 Å². The van der Waals surface area contributed by atoms with E-state index >= 15 is 0 Å². The van der Waals surface area contributed by atoms with E-state index in [2.05, 4.69) is 14.6 Å². The molecule has 7 heteroatoms. The van der Waals surface area contributed by atoms with Gasteiger partial charge in [0.15, 0.2) is 0 Å². The monoisotopic (exact) mass is 387 g/mol. The van der Waals surface area contributed by atoms with Crippen LogP contribution in [0.25, 0.3) is 10.9 Å². The van der Waals surface area contributed by atoms with Crippen LogP contribution in [0.2, 0.25) is 0 Å². The Hall–Kier alpha value is -2.67. The molecule has 0 aliphatic carbocycles. The molecule has 2 aromatic carbocycles. The lowest BCUT2D eigenvalue weighted by Gasteiger charge is -2.19. The minimum absolute atomic E-state index is 0.262. The molecule has 0 spiro atoms. The first kappa shape index (κ1) is 19.1. The number of rotatable bonds is 6. The normalized spacial score (nSPS) is 11.6. The molecule has 27 heavy (non-hydrogen) atoms. The van der Waals surface area contributed by atoms with Gasteiger partial charge in [0.2, 0.25) is 10.0 Å². The minimum Gasteiger partial charge on any atom is -0.359 e. The molecule has 3 rings (SSSR count). The predicted molar refractivity (Wildman–Crippen MR) is 108 cm³/mol. The molecule has 0 aliphatic heterocycles. The number of likely N-dealkylation sites (N-methyl/N-ethyl adjacent to an activating group) is 1. The largest absolute Gasteiger partial charge is 0.359 e. The Morgan fingerprint density at radius 3 is 2.48 bits per heavy atom. The molecule has 0 fully saturated rings. The number of aryl methyl sites for hydroxylation is 1. The fourth-order valence-corrected chi connectivity index (χ4v) is 3.47. The van der Waals surface area contributed by atoms with Gasteiger partial charge in [0, 0.05) is 24.7 Å². The lowest BCUT2D eigenvalue weighted by atomic mass is 10.1. The van der Waals surface area contributed by atoms with Crippen LogP contribution in [0.1, 0.15) is 11.1 Å². The molecule has 1 heterocycles. The summed E-state index contributed by atoms with van der Waals surface area (Å²) in [6.07, 6.45) is 1.92. The maximum Gasteiger partial charge on any atom is 0.229 e. The van der Waals surface area contributed by atoms with Crippen molar-refractivity contribution in [1.82, 2.24) is 4.98 Å². The third kappa shape index (κ3) is 4.95. The summed E-state index contributed by atoms with van der Waals surface area (Å²) in [5, 5.41) is 0.820. The first-order valence-corrected chi connectivity index (χ1v) is 10.5. The Labute approximate surface area is 158 Å². The van der Waals surface area contributed by atoms with E-state index in [4.69, 9.17) is 0 Å². The second-order valence-corrected chi connectivity index (χ2v) is 8.45. The smallest absolute Gasteiger partial charge is 0.229 e. The second-order valence-electron chi connectivity index (χ2n) is 6.70. The van der Waals surface area contributed by atoms with Gasteiger partial charge in [-0.05, 0) is 60.9 Å². The number of nitrogens with zero attached hydrogens (tertiary/aromatic N) is 2. The molecule has 142 valence electrons. The highest BCUT2D eigenvalue weighted by atomic mass is 32.2. The summed E-state index contributed by atoms with van der Waals surface area (Å²) in [5.41, 5.74) is 3.40. The number of hydrogen-bond donors (Lipinski definition) is 1. The Morgan fingerprint density at radius 2 is 1.81 bits per heavy atom. The summed E-state index contributed by atoms with van der Waals surface area (Å²) < 4.78 is 38.4. The van der Waals surface area contributed by atoms with Crippen LogP contribution < -0.4 is 9.62 Å². The molecule has 0 amide bonds. The molecule has 0 saturated carbocycles. The van der Waals surface area contributed by atoms with Crippen LogP contribution in [0.15, 0.2) is 48.5 Å². The third-order valence-corrected chi connectivity index (χ3v) is 4.95. The molecule has 0 bridgehead atoms. The van der Waals surface area contributed by atoms with Gasteiger partial charge in [0.1, 0.15) is 11.6 Å². The Morgan fingerprint density at radius 1 is 1.11 bits per heavy atom. The number of fused-ring (bicyclic) bond motifs is 1. The summed E-state index contributed by atoms with van der Waals surface area (Å²) in [4.78, 5) is 6.68. The Balaban J connectivity index is 1.69. The van der Waals surface area contributed by atoms with Gasteiger partial charge in [0.05, 0.1) is 11.8 Å². The first-order valence-electron chi connectivity index (χ1n) is 8.56. The van der Waals surface area contributed by atoms with Crippen molar-refractivity contribution >= 4 is 32.4 Å². The number of sulfonamides is 1. The maximum atomic E-state index is 13.4. The predicted octanol–water partition coefficient (Wildman–Crippen LogP) is 3.73. The van der Waals surface area contributed by atoms with Gasteiger partial charge in [-0.25, -0.2) is 17.8 Å². The number of benzene rings is 2. The maximum absolute atomic E-state index is 13.4. The van der Waals surface area contributed by atoms with E-state index in [0.717, 1.165) is 47.1 Å². The second kappa shape index (κ2) is 7.52. The standard InChI is InChI=1S/C20H22FN3O2S/c1-14-12-20(22-19-9-6-16(21)13-18(14)19)24(2)11-10-15-4-7-17(8-5-15)23-27(3,25)26/h4-9,12-13,23H,10-11H2,1-3H3. The van der Waals surface area contributed by atoms with E-state index in [9.17, 15) is 12.8 Å². The topological polar surface area (TPSA) is 62.3 Å². The first-order chi connectivity index (χ1) is 12.7. The Bertz CT molecular complexity index is 1070. The number of hydrogen-bond acceptors (Lipinski definition) is 4. The molecule has 1 aromatic heterocycles. The van der Waals surface area contributed by atoms with Crippen LogP contribution >= 0.6 is 0 Å². The van der Waals surface area contributed by atoms with E-state index < -0.39 is 10.0 Å². The van der Waals surface area contributed by atoms with Crippen LogP contribution in [0, 0.1) is 12.7 Å². The lowest BCUT2D eigenvalue weighted by Crippen LogP contribution is -2.21. The van der Waals surface area contributed by atoms with Crippen LogP contribution in [-0.2, 0) is 16.4 Å². The molecule has 0 saturated heterocycles. The number of aromatic nitrogens is 1. The van der Waals surface area contributed by atoms with E-state index in [1.807, 2.05) is 32.2 Å². The average molecular weight is 387 g/mol. The van der Waals surface area contributed by atoms with Crippen molar-refractivity contribution < 1.29 is 12.8 Å². The zero-order valence-corrected chi connectivity index (χ0v) is 16.3. The number of pyridine rings is 1. The van der Waals surface area contributed by atoms with E-state index in [1.165, 1.54) is 12.1 Å². The highest BCUT2D eigenvalue weighted by molar-refractivity contribution is 7.92. The van der Waals surface area contributed by atoms with Crippen molar-refractivity contribution in [1.29, 1.82) is 0 Å². The van der Waals surface area contributed by atoms with Crippen molar-refractivity contribution in [2.45, 2.75) is 13.3 Å². The molecule has 0 unspecified atom stereocenters. The van der Waals surface area contributed by atoms with Gasteiger partial charge in [-0.3, -0.25) is 4.72 Å². The summed E-state index contributed by atoms with van der Waals surface area (Å²) in [6, 6.07) is 13.9. The van der Waals surface area contributed by atoms with Gasteiger partial charge in [-0.1, -0.05) is 12.1 Å². The molecule has 3 aromatic rings. The molecule has 5 nitrogen and oxygen atoms in total. The summed E-state index contributed by atoms with van der Waals surface area (Å²) >= 11 is 0. The van der Waals surface area contributed by atoms with Crippen molar-refractivity contribution in [2.75, 3.05) is 29.5 Å². The van der Waals surface area contributed by atoms with Gasteiger partial charge in [-0.2, -0.15) is 0 Å². The summed E-state index contributed by atoms with van der Waals surface area (Å²) in [7, 11) is -1.30. The van der Waals surface area contributed by atoms with Gasteiger partial charge in [0.25, 0.3) is 0 Å². The highest BCUT2D eigenvalue weighted by Gasteiger charge is 2.08. The molecule has 0 atom stereocenters. The molecule has 1 N–H and O–H groups in total. The number of nitrogens with one attached hydrogen (secondary N) is 1. The minimum atomic E-state index is -3.27. The molecular weight excluding hydrogens is 365 g/mol. The quantitative estimate of drug-likeness (QED) is 0.700. The third-order valence-electron chi connectivity index (χ3n) is 4.35. The van der Waals surface area contributed by atoms with E-state index in [0.29, 0.717) is 5.69 Å². The van der Waals surface area contributed by atoms with Crippen LogP contribution in [0.4, 0.5) is 15.9 Å². The van der Waals surface area contributed by atoms with Crippen LogP contribution in [-0.4, -0.2) is 33.2 Å². The van der Waals surface area contributed by atoms with Crippen molar-refractivity contribution in [3.63, 3.8) is 0 Å². The fraction of sp³-hybridized carbons (Fsp3) is 0.250. The number of anilines is 2. The van der Waals surface area contributed by atoms with Crippen molar-refractivity contribution in [3.05, 3.63) is 65.5 Å². The zero-order valence-electron chi connectivity index (χ0n) is 15.5. The lowest BCUT2D eigenvalue weighted by molar-refractivity contribution is 0.607. The van der Waals surface area contributed by atoms with Crippen molar-refractivity contribution in [3.8, 4) is 0 Å². The fourth-order valence-electron chi connectivity index (χ4n) is 2.91. The SMILES string of the molecule is Cc1cc(N(C)CCc2ccc(NS(C)(=O)=O)cc2)nc2ccc(F)cc12. The van der Waals surface area contributed by atoms with Gasteiger partial charge in [-0.15, -0.1) is 0 Å². The molecule has 0 radical (unpaired) electrons. The molecule has 0 aliphatic rings. The van der Waals surface area contributed by atoms with E-state index in [-0.39, 0.29) is 5.82 Å².